The number of rotatable bonds is 1. The number of hydrogen-bond donors (Lipinski definition) is 0. The van der Waals surface area contributed by atoms with Crippen LogP contribution < -0.4 is 0 Å². The highest BCUT2D eigenvalue weighted by molar-refractivity contribution is 6.20. The normalized spacial score (nSPS) is 16.6. The van der Waals surface area contributed by atoms with Crippen molar-refractivity contribution in [2.45, 2.75) is 0 Å². The fourth-order valence-electron chi connectivity index (χ4n) is 1.14. The quantitative estimate of drug-likeness (QED) is 0.500. The van der Waals surface area contributed by atoms with Crippen LogP contribution in [0.4, 0.5) is 0 Å². The third-order valence-electron chi connectivity index (χ3n) is 1.82. The van der Waals surface area contributed by atoms with Gasteiger partial charge in [-0.3, -0.25) is 14.5 Å². The minimum Gasteiger partial charge on any atom is -0.372 e. The summed E-state index contributed by atoms with van der Waals surface area (Å²) in [6, 6.07) is 1.73. The summed E-state index contributed by atoms with van der Waals surface area (Å²) >= 11 is 0. The summed E-state index contributed by atoms with van der Waals surface area (Å²) < 4.78 is 0. The molecule has 0 spiro atoms. The SMILES string of the molecule is CN(C)C1=C(C#N)C(=O)N(C)C1=O. The minimum atomic E-state index is -0.531. The highest BCUT2D eigenvalue weighted by Crippen LogP contribution is 2.19. The summed E-state index contributed by atoms with van der Waals surface area (Å²) in [6.45, 7) is 0. The molecule has 68 valence electrons. The molecule has 1 rings (SSSR count). The third-order valence-corrected chi connectivity index (χ3v) is 1.82. The molecule has 5 heteroatoms. The molecule has 1 heterocycles. The average Bonchev–Trinajstić information content (AvgIpc) is 2.29. The highest BCUT2D eigenvalue weighted by atomic mass is 16.2. The summed E-state index contributed by atoms with van der Waals surface area (Å²) in [5.74, 6) is -0.956. The van der Waals surface area contributed by atoms with Gasteiger partial charge in [0.2, 0.25) is 0 Å². The topological polar surface area (TPSA) is 64.4 Å². The van der Waals surface area contributed by atoms with Gasteiger partial charge in [-0.2, -0.15) is 5.26 Å². The lowest BCUT2D eigenvalue weighted by Crippen LogP contribution is -2.29. The lowest BCUT2D eigenvalue weighted by atomic mass is 10.2. The average molecular weight is 179 g/mol. The molecule has 0 bridgehead atoms. The summed E-state index contributed by atoms with van der Waals surface area (Å²) in [5.41, 5.74) is 0.0764. The first-order chi connectivity index (χ1) is 6.00. The van der Waals surface area contributed by atoms with Gasteiger partial charge in [0.15, 0.2) is 0 Å². The van der Waals surface area contributed by atoms with Crippen molar-refractivity contribution in [3.63, 3.8) is 0 Å². The predicted molar refractivity (Wildman–Crippen MR) is 44.1 cm³/mol. The Kier molecular flexibility index (Phi) is 2.07. The molecule has 1 aliphatic rings. The van der Waals surface area contributed by atoms with Gasteiger partial charge in [-0.15, -0.1) is 0 Å². The first-order valence-corrected chi connectivity index (χ1v) is 3.64. The van der Waals surface area contributed by atoms with Crippen LogP contribution in [0.5, 0.6) is 0 Å². The molecule has 1 aliphatic heterocycles. The Bertz CT molecular complexity index is 349. The molecule has 0 aromatic carbocycles. The Balaban J connectivity index is 3.27. The molecule has 0 saturated heterocycles. The molecule has 0 aromatic heterocycles. The van der Waals surface area contributed by atoms with Crippen molar-refractivity contribution in [1.82, 2.24) is 9.80 Å². The maximum atomic E-state index is 11.4. The van der Waals surface area contributed by atoms with Crippen molar-refractivity contribution >= 4 is 11.8 Å². The van der Waals surface area contributed by atoms with E-state index in [0.29, 0.717) is 0 Å². The standard InChI is InChI=1S/C8H9N3O2/c1-10(2)6-5(4-9)7(12)11(3)8(6)13/h1-3H3. The van der Waals surface area contributed by atoms with Gasteiger partial charge in [-0.25, -0.2) is 0 Å². The zero-order valence-electron chi connectivity index (χ0n) is 7.66. The van der Waals surface area contributed by atoms with Gasteiger partial charge in [0.05, 0.1) is 0 Å². The Hall–Kier alpha value is -1.83. The molecule has 0 saturated carbocycles. The molecule has 0 N–H and O–H groups in total. The monoisotopic (exact) mass is 179 g/mol. The number of nitriles is 1. The molecule has 0 fully saturated rings. The van der Waals surface area contributed by atoms with Gasteiger partial charge in [-0.05, 0) is 0 Å². The van der Waals surface area contributed by atoms with Gasteiger partial charge in [0.1, 0.15) is 17.3 Å². The number of hydrogen-bond acceptors (Lipinski definition) is 4. The smallest absolute Gasteiger partial charge is 0.278 e. The van der Waals surface area contributed by atoms with E-state index in [4.69, 9.17) is 5.26 Å². The van der Waals surface area contributed by atoms with Crippen LogP contribution in [0.1, 0.15) is 0 Å². The molecule has 0 radical (unpaired) electrons. The van der Waals surface area contributed by atoms with E-state index in [1.54, 1.807) is 20.2 Å². The molecule has 2 amide bonds. The van der Waals surface area contributed by atoms with Gasteiger partial charge in [0.25, 0.3) is 11.8 Å². The molecular weight excluding hydrogens is 170 g/mol. The summed E-state index contributed by atoms with van der Waals surface area (Å²) in [7, 11) is 4.60. The van der Waals surface area contributed by atoms with Crippen LogP contribution in [0.3, 0.4) is 0 Å². The number of imide groups is 1. The Morgan fingerprint density at radius 2 is 1.85 bits per heavy atom. The van der Waals surface area contributed by atoms with E-state index in [0.717, 1.165) is 4.90 Å². The van der Waals surface area contributed by atoms with E-state index in [-0.39, 0.29) is 11.3 Å². The van der Waals surface area contributed by atoms with E-state index in [9.17, 15) is 9.59 Å². The lowest BCUT2D eigenvalue weighted by Gasteiger charge is -2.12. The van der Waals surface area contributed by atoms with Crippen LogP contribution in [0.2, 0.25) is 0 Å². The van der Waals surface area contributed by atoms with E-state index in [1.165, 1.54) is 11.9 Å². The van der Waals surface area contributed by atoms with Crippen molar-refractivity contribution in [3.05, 3.63) is 11.3 Å². The van der Waals surface area contributed by atoms with Crippen molar-refractivity contribution in [2.75, 3.05) is 21.1 Å². The molecule has 13 heavy (non-hydrogen) atoms. The highest BCUT2D eigenvalue weighted by Gasteiger charge is 2.36. The van der Waals surface area contributed by atoms with Gasteiger partial charge in [0, 0.05) is 21.1 Å². The fourth-order valence-corrected chi connectivity index (χ4v) is 1.14. The van der Waals surface area contributed by atoms with Gasteiger partial charge in [-0.1, -0.05) is 0 Å². The Morgan fingerprint density at radius 3 is 2.15 bits per heavy atom. The van der Waals surface area contributed by atoms with Crippen molar-refractivity contribution in [3.8, 4) is 6.07 Å². The summed E-state index contributed by atoms with van der Waals surface area (Å²) in [4.78, 5) is 25.1. The fraction of sp³-hybridized carbons (Fsp3) is 0.375. The largest absolute Gasteiger partial charge is 0.372 e. The second kappa shape index (κ2) is 2.90. The molecule has 5 nitrogen and oxygen atoms in total. The van der Waals surface area contributed by atoms with Crippen molar-refractivity contribution in [1.29, 1.82) is 5.26 Å². The lowest BCUT2D eigenvalue weighted by molar-refractivity contribution is -0.136. The number of amides is 2. The Morgan fingerprint density at radius 1 is 1.31 bits per heavy atom. The van der Waals surface area contributed by atoms with Gasteiger partial charge < -0.3 is 4.90 Å². The van der Waals surface area contributed by atoms with Crippen molar-refractivity contribution in [2.24, 2.45) is 0 Å². The van der Waals surface area contributed by atoms with Crippen LogP contribution in [-0.4, -0.2) is 42.8 Å². The predicted octanol–water partition coefficient (Wildman–Crippen LogP) is -0.676. The van der Waals surface area contributed by atoms with E-state index in [2.05, 4.69) is 0 Å². The maximum absolute atomic E-state index is 11.4. The van der Waals surface area contributed by atoms with E-state index < -0.39 is 11.8 Å². The summed E-state index contributed by atoms with van der Waals surface area (Å²) in [5, 5.41) is 8.66. The zero-order chi connectivity index (χ0) is 10.2. The molecular formula is C8H9N3O2. The molecule has 0 aromatic rings. The summed E-state index contributed by atoms with van der Waals surface area (Å²) in [6.07, 6.45) is 0. The van der Waals surface area contributed by atoms with Crippen LogP contribution in [0.25, 0.3) is 0 Å². The number of carbonyl (C=O) groups is 2. The second-order valence-electron chi connectivity index (χ2n) is 2.90. The first-order valence-electron chi connectivity index (χ1n) is 3.64. The molecule has 0 aliphatic carbocycles. The Labute approximate surface area is 75.8 Å². The van der Waals surface area contributed by atoms with E-state index >= 15 is 0 Å². The van der Waals surface area contributed by atoms with Crippen LogP contribution in [0, 0.1) is 11.3 Å². The van der Waals surface area contributed by atoms with Crippen molar-refractivity contribution < 1.29 is 9.59 Å². The van der Waals surface area contributed by atoms with Gasteiger partial charge >= 0.3 is 0 Å². The first kappa shape index (κ1) is 9.26. The van der Waals surface area contributed by atoms with Crippen LogP contribution >= 0.6 is 0 Å². The number of nitrogens with zero attached hydrogens (tertiary/aromatic N) is 3. The number of carbonyl (C=O) groups excluding carboxylic acids is 2. The zero-order valence-corrected chi connectivity index (χ0v) is 7.66. The number of likely N-dealkylation sites (N-methyl/N-ethyl adjacent to an activating group) is 2. The molecule has 0 atom stereocenters. The minimum absolute atomic E-state index is 0.0856. The third kappa shape index (κ3) is 1.16. The van der Waals surface area contributed by atoms with E-state index in [1.807, 2.05) is 0 Å². The molecule has 0 unspecified atom stereocenters. The maximum Gasteiger partial charge on any atom is 0.278 e. The van der Waals surface area contributed by atoms with Crippen LogP contribution in [0.15, 0.2) is 11.3 Å². The second-order valence-corrected chi connectivity index (χ2v) is 2.90. The van der Waals surface area contributed by atoms with Crippen LogP contribution in [-0.2, 0) is 9.59 Å².